The minimum atomic E-state index is 0.237. The summed E-state index contributed by atoms with van der Waals surface area (Å²) in [6.45, 7) is 12.7. The minimum absolute atomic E-state index is 0.237. The molecule has 1 aliphatic heterocycles. The Morgan fingerprint density at radius 2 is 2.00 bits per heavy atom. The average molecular weight is 240 g/mol. The zero-order valence-corrected chi connectivity index (χ0v) is 12.3. The lowest BCUT2D eigenvalue weighted by Crippen LogP contribution is -2.52. The highest BCUT2D eigenvalue weighted by atomic mass is 15.2. The van der Waals surface area contributed by atoms with Gasteiger partial charge in [-0.2, -0.15) is 0 Å². The van der Waals surface area contributed by atoms with E-state index in [0.717, 1.165) is 18.4 Å². The Bertz CT molecular complexity index is 215. The first kappa shape index (κ1) is 15.0. The summed E-state index contributed by atoms with van der Waals surface area (Å²) in [5.74, 6) is 1.76. The second-order valence-electron chi connectivity index (χ2n) is 6.37. The normalized spacial score (nSPS) is 26.8. The van der Waals surface area contributed by atoms with Crippen LogP contribution in [0, 0.1) is 11.8 Å². The molecule has 0 aromatic carbocycles. The molecule has 2 unspecified atom stereocenters. The summed E-state index contributed by atoms with van der Waals surface area (Å²) < 4.78 is 0. The minimum Gasteiger partial charge on any atom is -0.329 e. The SMILES string of the molecule is CCCC(C)(CN)N1CCCC(C(C)C)CC1. The van der Waals surface area contributed by atoms with Crippen LogP contribution in [0.5, 0.6) is 0 Å². The standard InChI is InChI=1S/C15H32N2/c1-5-9-15(4,12-16)17-10-6-7-14(8-11-17)13(2)3/h13-14H,5-12,16H2,1-4H3. The van der Waals surface area contributed by atoms with Gasteiger partial charge in [-0.25, -0.2) is 0 Å². The van der Waals surface area contributed by atoms with Crippen molar-refractivity contribution in [3.05, 3.63) is 0 Å². The largest absolute Gasteiger partial charge is 0.329 e. The van der Waals surface area contributed by atoms with Gasteiger partial charge in [0, 0.05) is 12.1 Å². The number of nitrogens with two attached hydrogens (primary N) is 1. The third-order valence-corrected chi connectivity index (χ3v) is 4.71. The summed E-state index contributed by atoms with van der Waals surface area (Å²) in [6, 6.07) is 0. The van der Waals surface area contributed by atoms with Crippen molar-refractivity contribution in [2.24, 2.45) is 17.6 Å². The van der Waals surface area contributed by atoms with Crippen molar-refractivity contribution < 1.29 is 0 Å². The van der Waals surface area contributed by atoms with Crippen LogP contribution in [0.15, 0.2) is 0 Å². The van der Waals surface area contributed by atoms with E-state index in [0.29, 0.717) is 0 Å². The van der Waals surface area contributed by atoms with Gasteiger partial charge in [-0.05, 0) is 57.5 Å². The topological polar surface area (TPSA) is 29.3 Å². The zero-order valence-electron chi connectivity index (χ0n) is 12.3. The molecule has 0 aromatic rings. The summed E-state index contributed by atoms with van der Waals surface area (Å²) in [6.07, 6.45) is 6.58. The Kier molecular flexibility index (Phi) is 5.94. The van der Waals surface area contributed by atoms with Gasteiger partial charge in [0.1, 0.15) is 0 Å². The van der Waals surface area contributed by atoms with Crippen LogP contribution in [-0.4, -0.2) is 30.1 Å². The second-order valence-corrected chi connectivity index (χ2v) is 6.37. The van der Waals surface area contributed by atoms with Crippen molar-refractivity contribution in [2.45, 2.75) is 65.3 Å². The third kappa shape index (κ3) is 3.96. The Balaban J connectivity index is 2.60. The Morgan fingerprint density at radius 1 is 1.29 bits per heavy atom. The van der Waals surface area contributed by atoms with E-state index in [9.17, 15) is 0 Å². The Hall–Kier alpha value is -0.0800. The van der Waals surface area contributed by atoms with E-state index in [1.807, 2.05) is 0 Å². The number of nitrogens with zero attached hydrogens (tertiary/aromatic N) is 1. The lowest BCUT2D eigenvalue weighted by atomic mass is 9.89. The van der Waals surface area contributed by atoms with Gasteiger partial charge >= 0.3 is 0 Å². The average Bonchev–Trinajstić information content (AvgIpc) is 2.55. The third-order valence-electron chi connectivity index (χ3n) is 4.71. The maximum Gasteiger partial charge on any atom is 0.0303 e. The van der Waals surface area contributed by atoms with Gasteiger partial charge in [-0.1, -0.05) is 27.2 Å². The molecule has 0 amide bonds. The number of hydrogen-bond acceptors (Lipinski definition) is 2. The quantitative estimate of drug-likeness (QED) is 0.799. The lowest BCUT2D eigenvalue weighted by Gasteiger charge is -2.40. The molecule has 0 spiro atoms. The molecule has 1 rings (SSSR count). The monoisotopic (exact) mass is 240 g/mol. The van der Waals surface area contributed by atoms with Gasteiger partial charge in [0.25, 0.3) is 0 Å². The molecule has 1 aliphatic rings. The van der Waals surface area contributed by atoms with E-state index in [1.54, 1.807) is 0 Å². The van der Waals surface area contributed by atoms with Crippen molar-refractivity contribution in [1.82, 2.24) is 4.90 Å². The molecule has 0 bridgehead atoms. The van der Waals surface area contributed by atoms with Crippen molar-refractivity contribution in [2.75, 3.05) is 19.6 Å². The van der Waals surface area contributed by atoms with Gasteiger partial charge in [-0.15, -0.1) is 0 Å². The fourth-order valence-electron chi connectivity index (χ4n) is 3.26. The maximum absolute atomic E-state index is 6.03. The molecule has 2 N–H and O–H groups in total. The molecule has 1 heterocycles. The van der Waals surface area contributed by atoms with Crippen LogP contribution in [0.2, 0.25) is 0 Å². The van der Waals surface area contributed by atoms with Crippen molar-refractivity contribution >= 4 is 0 Å². The van der Waals surface area contributed by atoms with Gasteiger partial charge in [0.05, 0.1) is 0 Å². The van der Waals surface area contributed by atoms with Gasteiger partial charge in [0.15, 0.2) is 0 Å². The Morgan fingerprint density at radius 3 is 2.53 bits per heavy atom. The van der Waals surface area contributed by atoms with Gasteiger partial charge in [0.2, 0.25) is 0 Å². The summed E-state index contributed by atoms with van der Waals surface area (Å²) in [4.78, 5) is 2.67. The summed E-state index contributed by atoms with van der Waals surface area (Å²) in [5, 5.41) is 0. The first-order valence-corrected chi connectivity index (χ1v) is 7.48. The summed E-state index contributed by atoms with van der Waals surface area (Å²) >= 11 is 0. The van der Waals surface area contributed by atoms with E-state index in [1.165, 1.54) is 45.2 Å². The fourth-order valence-corrected chi connectivity index (χ4v) is 3.26. The smallest absolute Gasteiger partial charge is 0.0303 e. The number of likely N-dealkylation sites (tertiary alicyclic amines) is 1. The Labute approximate surface area is 108 Å². The van der Waals surface area contributed by atoms with Crippen LogP contribution in [-0.2, 0) is 0 Å². The van der Waals surface area contributed by atoms with Gasteiger partial charge in [-0.3, -0.25) is 4.90 Å². The fraction of sp³-hybridized carbons (Fsp3) is 1.00. The van der Waals surface area contributed by atoms with E-state index >= 15 is 0 Å². The predicted molar refractivity (Wildman–Crippen MR) is 76.1 cm³/mol. The highest BCUT2D eigenvalue weighted by molar-refractivity contribution is 4.89. The first-order chi connectivity index (χ1) is 8.03. The van der Waals surface area contributed by atoms with Crippen LogP contribution >= 0.6 is 0 Å². The zero-order chi connectivity index (χ0) is 12.9. The first-order valence-electron chi connectivity index (χ1n) is 7.48. The highest BCUT2D eigenvalue weighted by Crippen LogP contribution is 2.29. The molecule has 2 nitrogen and oxygen atoms in total. The molecule has 0 radical (unpaired) electrons. The molecule has 1 saturated heterocycles. The van der Waals surface area contributed by atoms with Crippen LogP contribution in [0.1, 0.15) is 59.8 Å². The molecule has 2 atom stereocenters. The lowest BCUT2D eigenvalue weighted by molar-refractivity contribution is 0.102. The van der Waals surface area contributed by atoms with Crippen LogP contribution in [0.4, 0.5) is 0 Å². The van der Waals surface area contributed by atoms with E-state index in [4.69, 9.17) is 5.73 Å². The highest BCUT2D eigenvalue weighted by Gasteiger charge is 2.31. The molecule has 0 saturated carbocycles. The molecule has 0 aromatic heterocycles. The molecule has 0 aliphatic carbocycles. The molecular weight excluding hydrogens is 208 g/mol. The maximum atomic E-state index is 6.03. The number of hydrogen-bond donors (Lipinski definition) is 1. The predicted octanol–water partition coefficient (Wildman–Crippen LogP) is 3.26. The summed E-state index contributed by atoms with van der Waals surface area (Å²) in [7, 11) is 0. The molecular formula is C15H32N2. The van der Waals surface area contributed by atoms with Crippen molar-refractivity contribution in [3.63, 3.8) is 0 Å². The van der Waals surface area contributed by atoms with Crippen LogP contribution < -0.4 is 5.73 Å². The second kappa shape index (κ2) is 6.75. The molecule has 102 valence electrons. The van der Waals surface area contributed by atoms with Crippen LogP contribution in [0.25, 0.3) is 0 Å². The van der Waals surface area contributed by atoms with Crippen molar-refractivity contribution in [3.8, 4) is 0 Å². The van der Waals surface area contributed by atoms with Crippen molar-refractivity contribution in [1.29, 1.82) is 0 Å². The summed E-state index contributed by atoms with van der Waals surface area (Å²) in [5.41, 5.74) is 6.26. The van der Waals surface area contributed by atoms with E-state index < -0.39 is 0 Å². The molecule has 2 heteroatoms. The molecule has 17 heavy (non-hydrogen) atoms. The van der Waals surface area contributed by atoms with E-state index in [2.05, 4.69) is 32.6 Å². The van der Waals surface area contributed by atoms with E-state index in [-0.39, 0.29) is 5.54 Å². The molecule has 1 fully saturated rings. The van der Waals surface area contributed by atoms with Gasteiger partial charge < -0.3 is 5.73 Å². The number of rotatable bonds is 5. The van der Waals surface area contributed by atoms with Crippen LogP contribution in [0.3, 0.4) is 0 Å².